The molecule has 0 fully saturated rings. The van der Waals surface area contributed by atoms with Crippen LogP contribution in [0, 0.1) is 5.82 Å². The molecule has 0 bridgehead atoms. The molecule has 0 aromatic heterocycles. The van der Waals surface area contributed by atoms with E-state index in [0.29, 0.717) is 12.4 Å². The van der Waals surface area contributed by atoms with Gasteiger partial charge in [-0.3, -0.25) is 0 Å². The third-order valence-electron chi connectivity index (χ3n) is 3.09. The van der Waals surface area contributed by atoms with Crippen molar-refractivity contribution >= 4 is 0 Å². The molecule has 0 aliphatic carbocycles. The van der Waals surface area contributed by atoms with Gasteiger partial charge in [-0.1, -0.05) is 43.3 Å². The minimum atomic E-state index is -0.324. The quantitative estimate of drug-likeness (QED) is 0.779. The monoisotopic (exact) mass is 273 g/mol. The van der Waals surface area contributed by atoms with E-state index in [9.17, 15) is 4.39 Å². The molecular weight excluding hydrogens is 253 g/mol. The highest BCUT2D eigenvalue weighted by molar-refractivity contribution is 5.26. The molecule has 0 atom stereocenters. The standard InChI is InChI=1S/C17H20FNO/c1-2-19-12-11-14-7-9-15(10-8-14)13-20-17-6-4-3-5-16(17)18/h3-10,19H,2,11-13H2,1H3. The Morgan fingerprint density at radius 3 is 2.40 bits per heavy atom. The molecule has 0 heterocycles. The summed E-state index contributed by atoms with van der Waals surface area (Å²) in [7, 11) is 0. The fourth-order valence-corrected chi connectivity index (χ4v) is 1.93. The molecule has 3 heteroatoms. The summed E-state index contributed by atoms with van der Waals surface area (Å²) in [5, 5.41) is 3.30. The summed E-state index contributed by atoms with van der Waals surface area (Å²) in [6, 6.07) is 14.7. The van der Waals surface area contributed by atoms with Crippen LogP contribution in [0.3, 0.4) is 0 Å². The van der Waals surface area contributed by atoms with Crippen LogP contribution in [0.4, 0.5) is 4.39 Å². The number of likely N-dealkylation sites (N-methyl/N-ethyl adjacent to an activating group) is 1. The summed E-state index contributed by atoms with van der Waals surface area (Å²) in [5.41, 5.74) is 2.33. The minimum Gasteiger partial charge on any atom is -0.486 e. The van der Waals surface area contributed by atoms with E-state index in [-0.39, 0.29) is 5.82 Å². The predicted octanol–water partition coefficient (Wildman–Crippen LogP) is 3.56. The van der Waals surface area contributed by atoms with Gasteiger partial charge in [0.2, 0.25) is 0 Å². The molecule has 2 aromatic carbocycles. The Bertz CT molecular complexity index is 525. The van der Waals surface area contributed by atoms with Gasteiger partial charge in [0.25, 0.3) is 0 Å². The Kier molecular flexibility index (Phi) is 5.56. The molecule has 0 radical (unpaired) electrons. The average molecular weight is 273 g/mol. The van der Waals surface area contributed by atoms with Crippen LogP contribution >= 0.6 is 0 Å². The van der Waals surface area contributed by atoms with Gasteiger partial charge in [0.1, 0.15) is 6.61 Å². The number of rotatable bonds is 7. The van der Waals surface area contributed by atoms with Gasteiger partial charge in [0.05, 0.1) is 0 Å². The van der Waals surface area contributed by atoms with Crippen LogP contribution in [0.25, 0.3) is 0 Å². The van der Waals surface area contributed by atoms with Gasteiger partial charge < -0.3 is 10.1 Å². The van der Waals surface area contributed by atoms with Crippen LogP contribution in [-0.2, 0) is 13.0 Å². The molecular formula is C17H20FNO. The van der Waals surface area contributed by atoms with Crippen molar-refractivity contribution in [2.75, 3.05) is 13.1 Å². The summed E-state index contributed by atoms with van der Waals surface area (Å²) >= 11 is 0. The normalized spacial score (nSPS) is 10.5. The second-order valence-electron chi connectivity index (χ2n) is 4.64. The van der Waals surface area contributed by atoms with Gasteiger partial charge in [-0.05, 0) is 42.8 Å². The number of para-hydroxylation sites is 1. The zero-order chi connectivity index (χ0) is 14.2. The van der Waals surface area contributed by atoms with Gasteiger partial charge in [0.15, 0.2) is 11.6 Å². The van der Waals surface area contributed by atoms with Gasteiger partial charge in [0, 0.05) is 0 Å². The first-order valence-electron chi connectivity index (χ1n) is 6.95. The Balaban J connectivity index is 1.86. The van der Waals surface area contributed by atoms with E-state index < -0.39 is 0 Å². The molecule has 1 N–H and O–H groups in total. The van der Waals surface area contributed by atoms with Crippen LogP contribution in [0.2, 0.25) is 0 Å². The van der Waals surface area contributed by atoms with Crippen molar-refractivity contribution in [2.45, 2.75) is 20.0 Å². The van der Waals surface area contributed by atoms with E-state index in [2.05, 4.69) is 24.4 Å². The van der Waals surface area contributed by atoms with Crippen LogP contribution in [-0.4, -0.2) is 13.1 Å². The molecule has 2 rings (SSSR count). The van der Waals surface area contributed by atoms with E-state index in [1.807, 2.05) is 12.1 Å². The number of ether oxygens (including phenoxy) is 1. The number of halogens is 1. The maximum atomic E-state index is 13.4. The Labute approximate surface area is 119 Å². The van der Waals surface area contributed by atoms with Crippen molar-refractivity contribution in [1.82, 2.24) is 5.32 Å². The molecule has 0 amide bonds. The van der Waals surface area contributed by atoms with Crippen molar-refractivity contribution in [1.29, 1.82) is 0 Å². The van der Waals surface area contributed by atoms with Gasteiger partial charge in [-0.2, -0.15) is 0 Å². The molecule has 0 saturated carbocycles. The SMILES string of the molecule is CCNCCc1ccc(COc2ccccc2F)cc1. The fraction of sp³-hybridized carbons (Fsp3) is 0.294. The molecule has 2 nitrogen and oxygen atoms in total. The Morgan fingerprint density at radius 2 is 1.70 bits per heavy atom. The summed E-state index contributed by atoms with van der Waals surface area (Å²) in [4.78, 5) is 0. The van der Waals surface area contributed by atoms with Crippen LogP contribution < -0.4 is 10.1 Å². The van der Waals surface area contributed by atoms with Crippen molar-refractivity contribution in [2.24, 2.45) is 0 Å². The van der Waals surface area contributed by atoms with Crippen molar-refractivity contribution < 1.29 is 9.13 Å². The predicted molar refractivity (Wildman–Crippen MR) is 79.4 cm³/mol. The first-order chi connectivity index (χ1) is 9.79. The number of hydrogen-bond acceptors (Lipinski definition) is 2. The van der Waals surface area contributed by atoms with Gasteiger partial charge in [-0.25, -0.2) is 4.39 Å². The number of nitrogens with one attached hydrogen (secondary N) is 1. The lowest BCUT2D eigenvalue weighted by atomic mass is 10.1. The minimum absolute atomic E-state index is 0.295. The van der Waals surface area contributed by atoms with Crippen LogP contribution in [0.5, 0.6) is 5.75 Å². The van der Waals surface area contributed by atoms with E-state index in [4.69, 9.17) is 4.74 Å². The number of benzene rings is 2. The summed E-state index contributed by atoms with van der Waals surface area (Å²) in [6.07, 6.45) is 1.02. The largest absolute Gasteiger partial charge is 0.486 e. The van der Waals surface area contributed by atoms with E-state index in [0.717, 1.165) is 25.1 Å². The highest BCUT2D eigenvalue weighted by atomic mass is 19.1. The van der Waals surface area contributed by atoms with Crippen LogP contribution in [0.15, 0.2) is 48.5 Å². The maximum Gasteiger partial charge on any atom is 0.165 e. The van der Waals surface area contributed by atoms with E-state index >= 15 is 0 Å². The lowest BCUT2D eigenvalue weighted by molar-refractivity contribution is 0.290. The van der Waals surface area contributed by atoms with Crippen molar-refractivity contribution in [3.8, 4) is 5.75 Å². The summed E-state index contributed by atoms with van der Waals surface area (Å²) in [6.45, 7) is 4.47. The molecule has 20 heavy (non-hydrogen) atoms. The fourth-order valence-electron chi connectivity index (χ4n) is 1.93. The topological polar surface area (TPSA) is 21.3 Å². The second-order valence-corrected chi connectivity index (χ2v) is 4.64. The maximum absolute atomic E-state index is 13.4. The zero-order valence-electron chi connectivity index (χ0n) is 11.7. The third-order valence-corrected chi connectivity index (χ3v) is 3.09. The van der Waals surface area contributed by atoms with Gasteiger partial charge >= 0.3 is 0 Å². The van der Waals surface area contributed by atoms with Crippen molar-refractivity contribution in [3.05, 3.63) is 65.5 Å². The lowest BCUT2D eigenvalue weighted by Gasteiger charge is -2.08. The van der Waals surface area contributed by atoms with E-state index in [1.165, 1.54) is 11.6 Å². The van der Waals surface area contributed by atoms with Gasteiger partial charge in [-0.15, -0.1) is 0 Å². The Hall–Kier alpha value is -1.87. The summed E-state index contributed by atoms with van der Waals surface area (Å²) < 4.78 is 18.9. The molecule has 0 unspecified atom stereocenters. The molecule has 0 aliphatic heterocycles. The number of hydrogen-bond donors (Lipinski definition) is 1. The smallest absolute Gasteiger partial charge is 0.165 e. The lowest BCUT2D eigenvalue weighted by Crippen LogP contribution is -2.15. The highest BCUT2D eigenvalue weighted by Gasteiger charge is 2.02. The Morgan fingerprint density at radius 1 is 1.00 bits per heavy atom. The average Bonchev–Trinajstić information content (AvgIpc) is 2.48. The van der Waals surface area contributed by atoms with Crippen molar-refractivity contribution in [3.63, 3.8) is 0 Å². The first-order valence-corrected chi connectivity index (χ1v) is 6.95. The summed E-state index contributed by atoms with van der Waals surface area (Å²) in [5.74, 6) is -0.0292. The van der Waals surface area contributed by atoms with E-state index in [1.54, 1.807) is 18.2 Å². The van der Waals surface area contributed by atoms with Crippen LogP contribution in [0.1, 0.15) is 18.1 Å². The highest BCUT2D eigenvalue weighted by Crippen LogP contribution is 2.17. The molecule has 0 spiro atoms. The molecule has 0 saturated heterocycles. The zero-order valence-corrected chi connectivity index (χ0v) is 11.7. The third kappa shape index (κ3) is 4.35. The molecule has 106 valence electrons. The first kappa shape index (κ1) is 14.5. The molecule has 0 aliphatic rings. The second kappa shape index (κ2) is 7.65. The molecule has 2 aromatic rings.